The number of carbonyl (C=O) groups excluding carboxylic acids is 2. The van der Waals surface area contributed by atoms with Gasteiger partial charge in [0.15, 0.2) is 6.61 Å². The zero-order valence-corrected chi connectivity index (χ0v) is 18.0. The average Bonchev–Trinajstić information content (AvgIpc) is 3.59. The molecular formula is C24H26N2O6. The van der Waals surface area contributed by atoms with Crippen molar-refractivity contribution in [2.24, 2.45) is 5.92 Å². The fourth-order valence-electron chi connectivity index (χ4n) is 4.38. The van der Waals surface area contributed by atoms with Crippen LogP contribution in [-0.4, -0.2) is 53.9 Å². The molecule has 0 saturated heterocycles. The molecule has 2 N–H and O–H groups in total. The number of nitrogens with one attached hydrogen (secondary N) is 1. The van der Waals surface area contributed by atoms with E-state index in [0.29, 0.717) is 0 Å². The topological polar surface area (TPSA) is 105 Å². The molecule has 2 aromatic rings. The molecule has 8 heteroatoms. The van der Waals surface area contributed by atoms with Gasteiger partial charge < -0.3 is 15.2 Å². The molecule has 2 amide bonds. The van der Waals surface area contributed by atoms with Crippen LogP contribution in [0.1, 0.15) is 36.8 Å². The van der Waals surface area contributed by atoms with E-state index in [1.165, 1.54) is 7.05 Å². The monoisotopic (exact) mass is 438 g/mol. The molecule has 0 bridgehead atoms. The smallest absolute Gasteiger partial charge is 0.408 e. The SMILES string of the molecule is CN(OCC(=O)O)C(=O)C(C)(NC(=O)OCC1c2ccccc2-c2ccccc21)C1CC1. The van der Waals surface area contributed by atoms with E-state index in [4.69, 9.17) is 14.7 Å². The average molecular weight is 438 g/mol. The Labute approximate surface area is 186 Å². The quantitative estimate of drug-likeness (QED) is 0.614. The Morgan fingerprint density at radius 2 is 1.62 bits per heavy atom. The number of alkyl carbamates (subject to hydrolysis) is 1. The van der Waals surface area contributed by atoms with E-state index >= 15 is 0 Å². The van der Waals surface area contributed by atoms with Crippen LogP contribution in [-0.2, 0) is 19.2 Å². The highest BCUT2D eigenvalue weighted by Gasteiger charge is 2.50. The van der Waals surface area contributed by atoms with Gasteiger partial charge in [0.1, 0.15) is 12.1 Å². The van der Waals surface area contributed by atoms with Gasteiger partial charge in [0.25, 0.3) is 5.91 Å². The summed E-state index contributed by atoms with van der Waals surface area (Å²) in [4.78, 5) is 41.4. The summed E-state index contributed by atoms with van der Waals surface area (Å²) in [7, 11) is 1.34. The lowest BCUT2D eigenvalue weighted by molar-refractivity contribution is -0.191. The second-order valence-electron chi connectivity index (χ2n) is 8.40. The van der Waals surface area contributed by atoms with Crippen molar-refractivity contribution >= 4 is 18.0 Å². The Balaban J connectivity index is 1.44. The molecule has 0 spiro atoms. The number of carbonyl (C=O) groups is 3. The zero-order valence-electron chi connectivity index (χ0n) is 18.0. The van der Waals surface area contributed by atoms with Crippen LogP contribution in [0.3, 0.4) is 0 Å². The fraction of sp³-hybridized carbons (Fsp3) is 0.375. The normalized spacial score (nSPS) is 16.4. The Kier molecular flexibility index (Phi) is 5.88. The predicted molar refractivity (Wildman–Crippen MR) is 116 cm³/mol. The molecular weight excluding hydrogens is 412 g/mol. The largest absolute Gasteiger partial charge is 0.479 e. The molecule has 32 heavy (non-hydrogen) atoms. The number of benzene rings is 2. The van der Waals surface area contributed by atoms with Crippen molar-refractivity contribution in [2.75, 3.05) is 20.3 Å². The number of likely N-dealkylation sites (N-methyl/N-ethyl adjacent to an activating group) is 1. The van der Waals surface area contributed by atoms with Crippen molar-refractivity contribution < 1.29 is 29.1 Å². The second kappa shape index (κ2) is 8.63. The lowest BCUT2D eigenvalue weighted by Crippen LogP contribution is -2.59. The van der Waals surface area contributed by atoms with Crippen molar-refractivity contribution in [2.45, 2.75) is 31.2 Å². The number of hydrogen-bond acceptors (Lipinski definition) is 5. The Morgan fingerprint density at radius 1 is 1.06 bits per heavy atom. The summed E-state index contributed by atoms with van der Waals surface area (Å²) in [6.07, 6.45) is 0.860. The predicted octanol–water partition coefficient (Wildman–Crippen LogP) is 3.17. The van der Waals surface area contributed by atoms with Gasteiger partial charge in [-0.25, -0.2) is 14.7 Å². The molecule has 0 radical (unpaired) electrons. The molecule has 0 aromatic heterocycles. The molecule has 0 aliphatic heterocycles. The standard InChI is InChI=1S/C24H26N2O6/c1-24(15-11-12-15,22(29)26(2)32-14-21(27)28)25-23(30)31-13-20-18-9-5-3-7-16(18)17-8-4-6-10-19(17)20/h3-10,15,20H,11-14H2,1-2H3,(H,25,30)(H,27,28). The van der Waals surface area contributed by atoms with E-state index in [-0.39, 0.29) is 18.4 Å². The first-order valence-electron chi connectivity index (χ1n) is 10.6. The molecule has 2 aliphatic rings. The van der Waals surface area contributed by atoms with Crippen molar-refractivity contribution in [3.8, 4) is 11.1 Å². The molecule has 1 saturated carbocycles. The van der Waals surface area contributed by atoms with Crippen molar-refractivity contribution in [3.63, 3.8) is 0 Å². The summed E-state index contributed by atoms with van der Waals surface area (Å²) in [6, 6.07) is 16.1. The van der Waals surface area contributed by atoms with Crippen molar-refractivity contribution in [1.82, 2.24) is 10.4 Å². The number of nitrogens with zero attached hydrogens (tertiary/aromatic N) is 1. The summed E-state index contributed by atoms with van der Waals surface area (Å²) in [5, 5.41) is 12.4. The number of ether oxygens (including phenoxy) is 1. The van der Waals surface area contributed by atoms with Crippen LogP contribution < -0.4 is 5.32 Å². The molecule has 2 aliphatic carbocycles. The fourth-order valence-corrected chi connectivity index (χ4v) is 4.38. The van der Waals surface area contributed by atoms with Crippen molar-refractivity contribution in [1.29, 1.82) is 0 Å². The van der Waals surface area contributed by atoms with Crippen molar-refractivity contribution in [3.05, 3.63) is 59.7 Å². The highest BCUT2D eigenvalue weighted by molar-refractivity contribution is 5.89. The summed E-state index contributed by atoms with van der Waals surface area (Å²) in [5.41, 5.74) is 3.23. The molecule has 1 fully saturated rings. The first kappa shape index (κ1) is 21.8. The number of rotatable bonds is 8. The zero-order chi connectivity index (χ0) is 22.9. The Hall–Kier alpha value is -3.39. The molecule has 1 atom stereocenters. The lowest BCUT2D eigenvalue weighted by atomic mass is 9.94. The third-order valence-corrected chi connectivity index (χ3v) is 6.21. The lowest BCUT2D eigenvalue weighted by Gasteiger charge is -2.32. The first-order chi connectivity index (χ1) is 15.3. The van der Waals surface area contributed by atoms with Crippen LogP contribution >= 0.6 is 0 Å². The van der Waals surface area contributed by atoms with Crippen LogP contribution in [0.15, 0.2) is 48.5 Å². The number of hydrogen-bond donors (Lipinski definition) is 2. The second-order valence-corrected chi connectivity index (χ2v) is 8.40. The Morgan fingerprint density at radius 3 is 2.16 bits per heavy atom. The molecule has 1 unspecified atom stereocenters. The summed E-state index contributed by atoms with van der Waals surface area (Å²) in [5.74, 6) is -1.86. The van der Waals surface area contributed by atoms with E-state index < -0.39 is 30.1 Å². The number of carboxylic acids is 1. The third kappa shape index (κ3) is 4.18. The Bertz CT molecular complexity index is 1000. The number of amides is 2. The summed E-state index contributed by atoms with van der Waals surface area (Å²) < 4.78 is 5.59. The van der Waals surface area contributed by atoms with Gasteiger partial charge in [0.2, 0.25) is 0 Å². The maximum Gasteiger partial charge on any atom is 0.408 e. The number of hydroxylamine groups is 2. The molecule has 168 valence electrons. The maximum atomic E-state index is 12.9. The van der Waals surface area contributed by atoms with Gasteiger partial charge in [0.05, 0.1) is 0 Å². The minimum absolute atomic E-state index is 0.0636. The number of aliphatic carboxylic acids is 1. The van der Waals surface area contributed by atoms with Gasteiger partial charge in [-0.3, -0.25) is 9.63 Å². The summed E-state index contributed by atoms with van der Waals surface area (Å²) in [6.45, 7) is 1.11. The molecule has 4 rings (SSSR count). The summed E-state index contributed by atoms with van der Waals surface area (Å²) >= 11 is 0. The van der Waals surface area contributed by atoms with Crippen LogP contribution in [0, 0.1) is 5.92 Å². The van der Waals surface area contributed by atoms with Gasteiger partial charge in [0, 0.05) is 13.0 Å². The van der Waals surface area contributed by atoms with E-state index in [9.17, 15) is 14.4 Å². The van der Waals surface area contributed by atoms with Gasteiger partial charge in [-0.2, -0.15) is 0 Å². The van der Waals surface area contributed by atoms with Gasteiger partial charge >= 0.3 is 12.1 Å². The highest BCUT2D eigenvalue weighted by atomic mass is 16.7. The van der Waals surface area contributed by atoms with Gasteiger partial charge in [-0.05, 0) is 47.9 Å². The van der Waals surface area contributed by atoms with Crippen LogP contribution in [0.4, 0.5) is 4.79 Å². The highest BCUT2D eigenvalue weighted by Crippen LogP contribution is 2.44. The van der Waals surface area contributed by atoms with E-state index in [1.807, 2.05) is 36.4 Å². The van der Waals surface area contributed by atoms with Gasteiger partial charge in [-0.1, -0.05) is 48.5 Å². The maximum absolute atomic E-state index is 12.9. The van der Waals surface area contributed by atoms with E-state index in [0.717, 1.165) is 40.2 Å². The number of carboxylic acid groups (broad SMARTS) is 1. The minimum Gasteiger partial charge on any atom is -0.479 e. The van der Waals surface area contributed by atoms with Gasteiger partial charge in [-0.15, -0.1) is 0 Å². The van der Waals surface area contributed by atoms with Crippen LogP contribution in [0.2, 0.25) is 0 Å². The third-order valence-electron chi connectivity index (χ3n) is 6.21. The van der Waals surface area contributed by atoms with E-state index in [1.54, 1.807) is 6.92 Å². The molecule has 0 heterocycles. The van der Waals surface area contributed by atoms with Crippen LogP contribution in [0.25, 0.3) is 11.1 Å². The molecule has 2 aromatic carbocycles. The van der Waals surface area contributed by atoms with E-state index in [2.05, 4.69) is 17.4 Å². The minimum atomic E-state index is -1.24. The molecule has 8 nitrogen and oxygen atoms in total. The first-order valence-corrected chi connectivity index (χ1v) is 10.6. The van der Waals surface area contributed by atoms with Crippen LogP contribution in [0.5, 0.6) is 0 Å². The number of fused-ring (bicyclic) bond motifs is 3.